The monoisotopic (exact) mass is 399 g/mol. The second-order valence-electron chi connectivity index (χ2n) is 6.65. The highest BCUT2D eigenvalue weighted by molar-refractivity contribution is 7.88. The van der Waals surface area contributed by atoms with Crippen LogP contribution in [0.2, 0.25) is 0 Å². The minimum atomic E-state index is -3.48. The van der Waals surface area contributed by atoms with Crippen molar-refractivity contribution in [1.29, 1.82) is 0 Å². The summed E-state index contributed by atoms with van der Waals surface area (Å²) in [6, 6.07) is 13.2. The number of carbonyl (C=O) groups is 1. The van der Waals surface area contributed by atoms with Gasteiger partial charge in [-0.05, 0) is 11.6 Å². The first-order chi connectivity index (χ1) is 13.4. The third-order valence-corrected chi connectivity index (χ3v) is 5.16. The quantitative estimate of drug-likeness (QED) is 0.731. The van der Waals surface area contributed by atoms with E-state index in [-0.39, 0.29) is 18.4 Å². The number of ether oxygens (including phenoxy) is 1. The standard InChI is InChI=1S/C20H21N3O4S/c1-21-15-8-9-16-17(10-11-27-19(16)12-15)22-20(24)13-18(23-28(2,25)26)14-6-4-3-5-7-14/h3-9,12,17-18,23H,10-11,13H2,2H3,(H,22,24). The molecule has 28 heavy (non-hydrogen) atoms. The molecule has 0 saturated heterocycles. The highest BCUT2D eigenvalue weighted by Crippen LogP contribution is 2.35. The van der Waals surface area contributed by atoms with Crippen molar-refractivity contribution < 1.29 is 17.9 Å². The molecule has 0 fully saturated rings. The lowest BCUT2D eigenvalue weighted by Crippen LogP contribution is -2.36. The van der Waals surface area contributed by atoms with Crippen LogP contribution in [0, 0.1) is 6.57 Å². The van der Waals surface area contributed by atoms with Gasteiger partial charge in [0.15, 0.2) is 5.69 Å². The Morgan fingerprint density at radius 1 is 1.29 bits per heavy atom. The third-order valence-electron chi connectivity index (χ3n) is 4.45. The Morgan fingerprint density at radius 2 is 2.04 bits per heavy atom. The molecule has 0 aromatic heterocycles. The molecular weight excluding hydrogens is 378 g/mol. The minimum absolute atomic E-state index is 0.0239. The molecule has 2 unspecified atom stereocenters. The van der Waals surface area contributed by atoms with Crippen LogP contribution in [0.5, 0.6) is 5.75 Å². The molecule has 0 bridgehead atoms. The van der Waals surface area contributed by atoms with E-state index >= 15 is 0 Å². The summed E-state index contributed by atoms with van der Waals surface area (Å²) in [6.07, 6.45) is 1.65. The molecule has 3 rings (SSSR count). The Hall–Kier alpha value is -2.89. The molecule has 0 saturated carbocycles. The van der Waals surface area contributed by atoms with Crippen LogP contribution >= 0.6 is 0 Å². The van der Waals surface area contributed by atoms with Crippen LogP contribution in [0.15, 0.2) is 48.5 Å². The number of hydrogen-bond acceptors (Lipinski definition) is 4. The van der Waals surface area contributed by atoms with Gasteiger partial charge >= 0.3 is 0 Å². The molecule has 2 N–H and O–H groups in total. The van der Waals surface area contributed by atoms with Crippen LogP contribution in [0.25, 0.3) is 4.85 Å². The van der Waals surface area contributed by atoms with E-state index in [0.29, 0.717) is 24.5 Å². The summed E-state index contributed by atoms with van der Waals surface area (Å²) in [7, 11) is -3.48. The van der Waals surface area contributed by atoms with Crippen molar-refractivity contribution in [3.05, 3.63) is 71.1 Å². The van der Waals surface area contributed by atoms with Gasteiger partial charge in [0.1, 0.15) is 5.75 Å². The van der Waals surface area contributed by atoms with E-state index in [4.69, 9.17) is 11.3 Å². The molecule has 1 heterocycles. The number of fused-ring (bicyclic) bond motifs is 1. The summed E-state index contributed by atoms with van der Waals surface area (Å²) in [6.45, 7) is 7.53. The van der Waals surface area contributed by atoms with Gasteiger partial charge in [-0.1, -0.05) is 42.5 Å². The van der Waals surface area contributed by atoms with Crippen molar-refractivity contribution in [2.24, 2.45) is 0 Å². The molecule has 2 aromatic rings. The SMILES string of the molecule is [C-]#[N+]c1ccc2c(c1)OCCC2NC(=O)CC(NS(C)(=O)=O)c1ccccc1. The van der Waals surface area contributed by atoms with Crippen LogP contribution in [0.3, 0.4) is 0 Å². The predicted octanol–water partition coefficient (Wildman–Crippen LogP) is 2.86. The maximum atomic E-state index is 12.7. The number of benzene rings is 2. The van der Waals surface area contributed by atoms with Gasteiger partial charge in [0, 0.05) is 18.4 Å². The van der Waals surface area contributed by atoms with Gasteiger partial charge in [0.25, 0.3) is 0 Å². The first-order valence-corrected chi connectivity index (χ1v) is 10.7. The predicted molar refractivity (Wildman–Crippen MR) is 105 cm³/mol. The minimum Gasteiger partial charge on any atom is -0.494 e. The Bertz CT molecular complexity index is 1000. The van der Waals surface area contributed by atoms with Gasteiger partial charge in [-0.15, -0.1) is 0 Å². The molecule has 0 aliphatic carbocycles. The average Bonchev–Trinajstić information content (AvgIpc) is 2.67. The van der Waals surface area contributed by atoms with Crippen molar-refractivity contribution in [3.63, 3.8) is 0 Å². The first-order valence-electron chi connectivity index (χ1n) is 8.81. The van der Waals surface area contributed by atoms with Crippen LogP contribution in [0.1, 0.15) is 36.1 Å². The maximum absolute atomic E-state index is 12.7. The van der Waals surface area contributed by atoms with Crippen LogP contribution in [-0.4, -0.2) is 27.2 Å². The topological polar surface area (TPSA) is 88.9 Å². The Morgan fingerprint density at radius 3 is 2.71 bits per heavy atom. The zero-order chi connectivity index (χ0) is 20.1. The molecule has 2 aromatic carbocycles. The number of nitrogens with zero attached hydrogens (tertiary/aromatic N) is 1. The third kappa shape index (κ3) is 5.09. The molecule has 146 valence electrons. The maximum Gasteiger partial charge on any atom is 0.222 e. The van der Waals surface area contributed by atoms with Gasteiger partial charge in [0.2, 0.25) is 15.9 Å². The van der Waals surface area contributed by atoms with Gasteiger partial charge in [0.05, 0.1) is 31.5 Å². The Kier molecular flexibility index (Phi) is 5.97. The van der Waals surface area contributed by atoms with E-state index < -0.39 is 16.1 Å². The van der Waals surface area contributed by atoms with Gasteiger partial charge in [-0.2, -0.15) is 0 Å². The molecule has 1 amide bonds. The zero-order valence-corrected chi connectivity index (χ0v) is 16.2. The normalized spacial score (nSPS) is 16.9. The lowest BCUT2D eigenvalue weighted by Gasteiger charge is -2.28. The summed E-state index contributed by atoms with van der Waals surface area (Å²) in [5, 5.41) is 2.97. The highest BCUT2D eigenvalue weighted by atomic mass is 32.2. The van der Waals surface area contributed by atoms with Crippen molar-refractivity contribution in [2.45, 2.75) is 24.9 Å². The average molecular weight is 399 g/mol. The number of hydrogen-bond donors (Lipinski definition) is 2. The fourth-order valence-electron chi connectivity index (χ4n) is 3.21. The molecule has 8 heteroatoms. The van der Waals surface area contributed by atoms with Crippen molar-refractivity contribution in [2.75, 3.05) is 12.9 Å². The smallest absolute Gasteiger partial charge is 0.222 e. The number of nitrogens with one attached hydrogen (secondary N) is 2. The van der Waals surface area contributed by atoms with Crippen LogP contribution < -0.4 is 14.8 Å². The van der Waals surface area contributed by atoms with E-state index in [1.165, 1.54) is 0 Å². The molecule has 1 aliphatic heterocycles. The zero-order valence-electron chi connectivity index (χ0n) is 15.4. The summed E-state index contributed by atoms with van der Waals surface area (Å²) in [5.41, 5.74) is 2.02. The fraction of sp³-hybridized carbons (Fsp3) is 0.300. The van der Waals surface area contributed by atoms with E-state index in [9.17, 15) is 13.2 Å². The second-order valence-corrected chi connectivity index (χ2v) is 8.43. The summed E-state index contributed by atoms with van der Waals surface area (Å²) in [4.78, 5) is 16.1. The van der Waals surface area contributed by atoms with Gasteiger partial charge in [-0.25, -0.2) is 18.0 Å². The highest BCUT2D eigenvalue weighted by Gasteiger charge is 2.25. The Balaban J connectivity index is 1.75. The van der Waals surface area contributed by atoms with Crippen LogP contribution in [0.4, 0.5) is 5.69 Å². The van der Waals surface area contributed by atoms with E-state index in [1.54, 1.807) is 42.5 Å². The number of rotatable bonds is 6. The van der Waals surface area contributed by atoms with Crippen molar-refractivity contribution in [1.82, 2.24) is 10.0 Å². The summed E-state index contributed by atoms with van der Waals surface area (Å²) in [5.74, 6) is 0.330. The molecular formula is C20H21N3O4S. The lowest BCUT2D eigenvalue weighted by molar-refractivity contribution is -0.122. The van der Waals surface area contributed by atoms with E-state index in [0.717, 1.165) is 17.4 Å². The number of carbonyl (C=O) groups excluding carboxylic acids is 1. The summed E-state index contributed by atoms with van der Waals surface area (Å²) >= 11 is 0. The number of sulfonamides is 1. The molecule has 7 nitrogen and oxygen atoms in total. The van der Waals surface area contributed by atoms with Crippen molar-refractivity contribution >= 4 is 21.6 Å². The van der Waals surface area contributed by atoms with E-state index in [2.05, 4.69) is 14.9 Å². The second kappa shape index (κ2) is 8.42. The fourth-order valence-corrected chi connectivity index (χ4v) is 3.94. The molecule has 0 radical (unpaired) electrons. The molecule has 2 atom stereocenters. The number of amides is 1. The van der Waals surface area contributed by atoms with Gasteiger partial charge < -0.3 is 10.1 Å². The first kappa shape index (κ1) is 19.9. The lowest BCUT2D eigenvalue weighted by atomic mass is 9.99. The van der Waals surface area contributed by atoms with E-state index in [1.807, 2.05) is 6.07 Å². The van der Waals surface area contributed by atoms with Crippen molar-refractivity contribution in [3.8, 4) is 5.75 Å². The van der Waals surface area contributed by atoms with Gasteiger partial charge in [-0.3, -0.25) is 4.79 Å². The molecule has 1 aliphatic rings. The Labute approximate surface area is 164 Å². The largest absolute Gasteiger partial charge is 0.494 e. The van der Waals surface area contributed by atoms with Crippen LogP contribution in [-0.2, 0) is 14.8 Å². The molecule has 0 spiro atoms. The summed E-state index contributed by atoms with van der Waals surface area (Å²) < 4.78 is 31.6.